The molecular formula is C14H10BrClO3. The van der Waals surface area contributed by atoms with Gasteiger partial charge in [0.05, 0.1) is 17.1 Å². The van der Waals surface area contributed by atoms with E-state index in [2.05, 4.69) is 20.7 Å². The highest BCUT2D eigenvalue weighted by atomic mass is 79.9. The first-order valence-electron chi connectivity index (χ1n) is 5.41. The molecule has 0 spiro atoms. The number of hydrogen-bond acceptors (Lipinski definition) is 3. The lowest BCUT2D eigenvalue weighted by molar-refractivity contribution is 0.0600. The average Bonchev–Trinajstić information content (AvgIpc) is 2.42. The van der Waals surface area contributed by atoms with Crippen LogP contribution in [0.15, 0.2) is 46.9 Å². The van der Waals surface area contributed by atoms with Gasteiger partial charge >= 0.3 is 5.97 Å². The van der Waals surface area contributed by atoms with Gasteiger partial charge in [0.2, 0.25) is 0 Å². The van der Waals surface area contributed by atoms with Crippen molar-refractivity contribution in [1.29, 1.82) is 0 Å². The molecule has 0 saturated heterocycles. The Morgan fingerprint density at radius 2 is 1.84 bits per heavy atom. The molecule has 0 N–H and O–H groups in total. The summed E-state index contributed by atoms with van der Waals surface area (Å²) in [7, 11) is 1.34. The van der Waals surface area contributed by atoms with Crippen molar-refractivity contribution in [1.82, 2.24) is 0 Å². The summed E-state index contributed by atoms with van der Waals surface area (Å²) in [6.45, 7) is 0. The summed E-state index contributed by atoms with van der Waals surface area (Å²) >= 11 is 9.16. The lowest BCUT2D eigenvalue weighted by Crippen LogP contribution is -2.01. The van der Waals surface area contributed by atoms with Crippen LogP contribution >= 0.6 is 27.5 Å². The summed E-state index contributed by atoms with van der Waals surface area (Å²) in [5.41, 5.74) is 0.456. The molecule has 2 aromatic rings. The largest absolute Gasteiger partial charge is 0.465 e. The number of ether oxygens (including phenoxy) is 2. The Morgan fingerprint density at radius 1 is 1.16 bits per heavy atom. The average molecular weight is 342 g/mol. The van der Waals surface area contributed by atoms with Crippen molar-refractivity contribution in [3.05, 3.63) is 57.5 Å². The van der Waals surface area contributed by atoms with E-state index in [0.29, 0.717) is 26.6 Å². The fourth-order valence-corrected chi connectivity index (χ4v) is 2.04. The minimum atomic E-state index is -0.390. The van der Waals surface area contributed by atoms with Crippen molar-refractivity contribution in [2.24, 2.45) is 0 Å². The molecule has 0 aliphatic heterocycles. The lowest BCUT2D eigenvalue weighted by Gasteiger charge is -2.08. The standard InChI is InChI=1S/C14H10BrClO3/c1-18-14(17)9-2-7-13(12(15)8-9)19-11-5-3-10(16)4-6-11/h2-8H,1H3. The van der Waals surface area contributed by atoms with Crippen LogP contribution in [0.2, 0.25) is 5.02 Å². The third-order valence-electron chi connectivity index (χ3n) is 2.39. The SMILES string of the molecule is COC(=O)c1ccc(Oc2ccc(Cl)cc2)c(Br)c1. The van der Waals surface area contributed by atoms with E-state index in [1.807, 2.05) is 0 Å². The molecule has 3 nitrogen and oxygen atoms in total. The fraction of sp³-hybridized carbons (Fsp3) is 0.0714. The normalized spacial score (nSPS) is 10.1. The van der Waals surface area contributed by atoms with Gasteiger partial charge in [0, 0.05) is 5.02 Å². The molecular weight excluding hydrogens is 332 g/mol. The van der Waals surface area contributed by atoms with E-state index in [1.165, 1.54) is 7.11 Å². The van der Waals surface area contributed by atoms with Gasteiger partial charge in [-0.15, -0.1) is 0 Å². The number of benzene rings is 2. The van der Waals surface area contributed by atoms with Crippen molar-refractivity contribution < 1.29 is 14.3 Å². The Labute approximate surface area is 124 Å². The minimum Gasteiger partial charge on any atom is -0.465 e. The number of methoxy groups -OCH3 is 1. The topological polar surface area (TPSA) is 35.5 Å². The Morgan fingerprint density at radius 3 is 2.42 bits per heavy atom. The van der Waals surface area contributed by atoms with Crippen LogP contribution in [0, 0.1) is 0 Å². The Bertz CT molecular complexity index is 596. The zero-order valence-corrected chi connectivity index (χ0v) is 12.4. The zero-order valence-electron chi connectivity index (χ0n) is 10.0. The van der Waals surface area contributed by atoms with E-state index in [-0.39, 0.29) is 0 Å². The lowest BCUT2D eigenvalue weighted by atomic mass is 10.2. The fourth-order valence-electron chi connectivity index (χ4n) is 1.46. The third kappa shape index (κ3) is 3.49. The molecule has 0 aliphatic carbocycles. The summed E-state index contributed by atoms with van der Waals surface area (Å²) in [6, 6.07) is 12.0. The van der Waals surface area contributed by atoms with E-state index < -0.39 is 5.97 Å². The third-order valence-corrected chi connectivity index (χ3v) is 3.27. The Hall–Kier alpha value is -1.52. The van der Waals surface area contributed by atoms with Crippen molar-refractivity contribution >= 4 is 33.5 Å². The van der Waals surface area contributed by atoms with Crippen LogP contribution in [0.5, 0.6) is 11.5 Å². The summed E-state index contributed by atoms with van der Waals surface area (Å²) in [5.74, 6) is 0.879. The van der Waals surface area contributed by atoms with Gasteiger partial charge in [-0.3, -0.25) is 0 Å². The first-order valence-corrected chi connectivity index (χ1v) is 6.58. The monoisotopic (exact) mass is 340 g/mol. The van der Waals surface area contributed by atoms with Crippen molar-refractivity contribution in [2.45, 2.75) is 0 Å². The van der Waals surface area contributed by atoms with Gasteiger partial charge in [-0.05, 0) is 58.4 Å². The second-order valence-corrected chi connectivity index (χ2v) is 4.98. The molecule has 0 amide bonds. The second kappa shape index (κ2) is 6.08. The quantitative estimate of drug-likeness (QED) is 0.760. The minimum absolute atomic E-state index is 0.390. The van der Waals surface area contributed by atoms with Crippen molar-refractivity contribution in [2.75, 3.05) is 7.11 Å². The summed E-state index contributed by atoms with van der Waals surface area (Å²) in [5, 5.41) is 0.646. The van der Waals surface area contributed by atoms with Crippen LogP contribution < -0.4 is 4.74 Å². The zero-order chi connectivity index (χ0) is 13.8. The first kappa shape index (κ1) is 13.9. The van der Waals surface area contributed by atoms with E-state index in [1.54, 1.807) is 42.5 Å². The van der Waals surface area contributed by atoms with Gasteiger partial charge in [-0.25, -0.2) is 4.79 Å². The molecule has 5 heteroatoms. The summed E-state index contributed by atoms with van der Waals surface area (Å²) in [4.78, 5) is 11.4. The highest BCUT2D eigenvalue weighted by Crippen LogP contribution is 2.31. The van der Waals surface area contributed by atoms with Crippen LogP contribution in [-0.2, 0) is 4.74 Å². The predicted octanol–water partition coefficient (Wildman–Crippen LogP) is 4.68. The number of halogens is 2. The summed E-state index contributed by atoms with van der Waals surface area (Å²) < 4.78 is 11.0. The van der Waals surface area contributed by atoms with E-state index in [9.17, 15) is 4.79 Å². The van der Waals surface area contributed by atoms with Gasteiger partial charge < -0.3 is 9.47 Å². The maximum Gasteiger partial charge on any atom is 0.337 e. The highest BCUT2D eigenvalue weighted by molar-refractivity contribution is 9.10. The molecule has 0 heterocycles. The maximum atomic E-state index is 11.4. The van der Waals surface area contributed by atoms with Gasteiger partial charge in [0.1, 0.15) is 11.5 Å². The number of carbonyl (C=O) groups is 1. The Balaban J connectivity index is 2.22. The maximum absolute atomic E-state index is 11.4. The molecule has 0 bridgehead atoms. The molecule has 2 rings (SSSR count). The van der Waals surface area contributed by atoms with Crippen LogP contribution in [0.25, 0.3) is 0 Å². The van der Waals surface area contributed by atoms with Gasteiger partial charge in [0.15, 0.2) is 0 Å². The number of hydrogen-bond donors (Lipinski definition) is 0. The molecule has 0 aromatic heterocycles. The summed E-state index contributed by atoms with van der Waals surface area (Å²) in [6.07, 6.45) is 0. The van der Waals surface area contributed by atoms with Gasteiger partial charge in [0.25, 0.3) is 0 Å². The molecule has 0 radical (unpaired) electrons. The smallest absolute Gasteiger partial charge is 0.337 e. The molecule has 2 aromatic carbocycles. The number of carbonyl (C=O) groups excluding carboxylic acids is 1. The number of rotatable bonds is 3. The van der Waals surface area contributed by atoms with Crippen LogP contribution in [-0.4, -0.2) is 13.1 Å². The first-order chi connectivity index (χ1) is 9.10. The molecule has 19 heavy (non-hydrogen) atoms. The molecule has 0 fully saturated rings. The highest BCUT2D eigenvalue weighted by Gasteiger charge is 2.09. The van der Waals surface area contributed by atoms with Gasteiger partial charge in [-0.1, -0.05) is 11.6 Å². The van der Waals surface area contributed by atoms with Crippen LogP contribution in [0.4, 0.5) is 0 Å². The van der Waals surface area contributed by atoms with E-state index in [0.717, 1.165) is 0 Å². The van der Waals surface area contributed by atoms with Crippen molar-refractivity contribution in [3.8, 4) is 11.5 Å². The number of esters is 1. The predicted molar refractivity (Wildman–Crippen MR) is 77.0 cm³/mol. The molecule has 0 saturated carbocycles. The second-order valence-electron chi connectivity index (χ2n) is 3.69. The van der Waals surface area contributed by atoms with E-state index >= 15 is 0 Å². The van der Waals surface area contributed by atoms with Crippen LogP contribution in [0.3, 0.4) is 0 Å². The molecule has 98 valence electrons. The van der Waals surface area contributed by atoms with E-state index in [4.69, 9.17) is 16.3 Å². The Kier molecular flexibility index (Phi) is 4.45. The molecule has 0 unspecified atom stereocenters. The van der Waals surface area contributed by atoms with Crippen LogP contribution in [0.1, 0.15) is 10.4 Å². The molecule has 0 atom stereocenters. The van der Waals surface area contributed by atoms with Crippen molar-refractivity contribution in [3.63, 3.8) is 0 Å². The molecule has 0 aliphatic rings. The van der Waals surface area contributed by atoms with Gasteiger partial charge in [-0.2, -0.15) is 0 Å².